The van der Waals surface area contributed by atoms with Crippen molar-refractivity contribution in [1.29, 1.82) is 0 Å². The van der Waals surface area contributed by atoms with Crippen LogP contribution in [0.25, 0.3) is 0 Å². The zero-order chi connectivity index (χ0) is 18.4. The maximum Gasteiger partial charge on any atom is 0.308 e. The molecule has 0 fully saturated rings. The Labute approximate surface area is 144 Å². The van der Waals surface area contributed by atoms with Crippen molar-refractivity contribution in [3.05, 3.63) is 59.7 Å². The Morgan fingerprint density at radius 1 is 0.760 bits per heavy atom. The minimum absolute atomic E-state index is 0.299. The average molecular weight is 348 g/mol. The third kappa shape index (κ3) is 4.21. The van der Waals surface area contributed by atoms with E-state index in [0.29, 0.717) is 22.6 Å². The summed E-state index contributed by atoms with van der Waals surface area (Å²) in [7, 11) is 0. The Balaban J connectivity index is 2.37. The summed E-state index contributed by atoms with van der Waals surface area (Å²) in [6.07, 6.45) is 0. The van der Waals surface area contributed by atoms with Gasteiger partial charge in [0.05, 0.1) is 5.41 Å². The molecule has 4 nitrogen and oxygen atoms in total. The molecular formula is C19H18F2O4. The molecule has 0 aliphatic rings. The summed E-state index contributed by atoms with van der Waals surface area (Å²) in [5, 5.41) is 0. The van der Waals surface area contributed by atoms with Gasteiger partial charge in [0.15, 0.2) is 0 Å². The van der Waals surface area contributed by atoms with Gasteiger partial charge in [0.2, 0.25) is 0 Å². The van der Waals surface area contributed by atoms with Gasteiger partial charge in [0.1, 0.15) is 24.8 Å². The standard InChI is InChI=1S/C19H18F2O4/c1-13(22)24-17-7-3-15(4-8-17)19(11-20,12-21)16-5-9-18(10-6-16)25-14(2)23/h3-10H,11-12H2,1-2H3. The smallest absolute Gasteiger partial charge is 0.308 e. The van der Waals surface area contributed by atoms with E-state index in [4.69, 9.17) is 9.47 Å². The van der Waals surface area contributed by atoms with Crippen molar-refractivity contribution in [1.82, 2.24) is 0 Å². The van der Waals surface area contributed by atoms with E-state index in [0.717, 1.165) is 0 Å². The lowest BCUT2D eigenvalue weighted by molar-refractivity contribution is -0.132. The number of alkyl halides is 2. The predicted octanol–water partition coefficient (Wildman–Crippen LogP) is 3.76. The summed E-state index contributed by atoms with van der Waals surface area (Å²) >= 11 is 0. The molecule has 2 rings (SSSR count). The molecule has 0 saturated carbocycles. The minimum Gasteiger partial charge on any atom is -0.427 e. The van der Waals surface area contributed by atoms with Crippen molar-refractivity contribution < 1.29 is 27.8 Å². The summed E-state index contributed by atoms with van der Waals surface area (Å²) in [5.74, 6) is -0.353. The number of carbonyl (C=O) groups excluding carboxylic acids is 2. The van der Waals surface area contributed by atoms with Crippen LogP contribution in [0.4, 0.5) is 8.78 Å². The SMILES string of the molecule is CC(=O)Oc1ccc(C(CF)(CF)c2ccc(OC(C)=O)cc2)cc1. The van der Waals surface area contributed by atoms with Gasteiger partial charge in [-0.2, -0.15) is 0 Å². The number of carbonyl (C=O) groups is 2. The van der Waals surface area contributed by atoms with Crippen LogP contribution in [0.15, 0.2) is 48.5 Å². The number of ether oxygens (including phenoxy) is 2. The summed E-state index contributed by atoms with van der Waals surface area (Å²) < 4.78 is 37.7. The van der Waals surface area contributed by atoms with Crippen LogP contribution in [0.5, 0.6) is 11.5 Å². The van der Waals surface area contributed by atoms with Crippen LogP contribution in [0.3, 0.4) is 0 Å². The predicted molar refractivity (Wildman–Crippen MR) is 88.2 cm³/mol. The average Bonchev–Trinajstić information content (AvgIpc) is 2.58. The number of halogens is 2. The summed E-state index contributed by atoms with van der Waals surface area (Å²) in [6, 6.07) is 12.1. The molecule has 0 N–H and O–H groups in total. The fraction of sp³-hybridized carbons (Fsp3) is 0.263. The number of hydrogen-bond acceptors (Lipinski definition) is 4. The quantitative estimate of drug-likeness (QED) is 0.589. The number of benzene rings is 2. The molecule has 0 amide bonds. The molecule has 2 aromatic carbocycles. The molecule has 0 aromatic heterocycles. The van der Waals surface area contributed by atoms with Crippen LogP contribution < -0.4 is 9.47 Å². The molecule has 0 heterocycles. The summed E-state index contributed by atoms with van der Waals surface area (Å²) in [5.41, 5.74) is -0.661. The fourth-order valence-electron chi connectivity index (χ4n) is 2.53. The second-order valence-corrected chi connectivity index (χ2v) is 5.59. The summed E-state index contributed by atoms with van der Waals surface area (Å²) in [4.78, 5) is 21.9. The van der Waals surface area contributed by atoms with Gasteiger partial charge in [-0.25, -0.2) is 8.78 Å². The molecule has 0 saturated heterocycles. The first-order chi connectivity index (χ1) is 11.9. The first-order valence-corrected chi connectivity index (χ1v) is 7.61. The Morgan fingerprint density at radius 3 is 1.32 bits per heavy atom. The van der Waals surface area contributed by atoms with Crippen molar-refractivity contribution in [3.8, 4) is 11.5 Å². The van der Waals surface area contributed by atoms with Crippen molar-refractivity contribution in [2.75, 3.05) is 13.3 Å². The van der Waals surface area contributed by atoms with E-state index < -0.39 is 30.7 Å². The van der Waals surface area contributed by atoms with Crippen LogP contribution in [0.1, 0.15) is 25.0 Å². The number of hydrogen-bond donors (Lipinski definition) is 0. The van der Waals surface area contributed by atoms with E-state index in [1.54, 1.807) is 0 Å². The van der Waals surface area contributed by atoms with Gasteiger partial charge in [-0.1, -0.05) is 24.3 Å². The van der Waals surface area contributed by atoms with Gasteiger partial charge >= 0.3 is 11.9 Å². The second kappa shape index (κ2) is 7.88. The van der Waals surface area contributed by atoms with Gasteiger partial charge in [-0.05, 0) is 35.4 Å². The Bertz CT molecular complexity index is 674. The van der Waals surface area contributed by atoms with Gasteiger partial charge in [-0.3, -0.25) is 9.59 Å². The van der Waals surface area contributed by atoms with E-state index in [1.807, 2.05) is 0 Å². The zero-order valence-corrected chi connectivity index (χ0v) is 13.9. The van der Waals surface area contributed by atoms with Crippen LogP contribution in [0, 0.1) is 0 Å². The van der Waals surface area contributed by atoms with Gasteiger partial charge in [-0.15, -0.1) is 0 Å². The molecular weight excluding hydrogens is 330 g/mol. The second-order valence-electron chi connectivity index (χ2n) is 5.59. The minimum atomic E-state index is -1.48. The van der Waals surface area contributed by atoms with Gasteiger partial charge in [0, 0.05) is 13.8 Å². The lowest BCUT2D eigenvalue weighted by Crippen LogP contribution is -2.32. The first kappa shape index (κ1) is 18.6. The topological polar surface area (TPSA) is 52.6 Å². The molecule has 0 atom stereocenters. The molecule has 0 radical (unpaired) electrons. The highest BCUT2D eigenvalue weighted by atomic mass is 19.1. The largest absolute Gasteiger partial charge is 0.427 e. The monoisotopic (exact) mass is 348 g/mol. The molecule has 0 aliphatic carbocycles. The van der Waals surface area contributed by atoms with Crippen LogP contribution in [-0.2, 0) is 15.0 Å². The van der Waals surface area contributed by atoms with Crippen molar-refractivity contribution in [2.24, 2.45) is 0 Å². The van der Waals surface area contributed by atoms with E-state index in [-0.39, 0.29) is 0 Å². The molecule has 6 heteroatoms. The summed E-state index contributed by atoms with van der Waals surface area (Å²) in [6.45, 7) is 0.630. The van der Waals surface area contributed by atoms with Gasteiger partial charge in [0.25, 0.3) is 0 Å². The fourth-order valence-corrected chi connectivity index (χ4v) is 2.53. The van der Waals surface area contributed by atoms with Gasteiger partial charge < -0.3 is 9.47 Å². The van der Waals surface area contributed by atoms with Crippen LogP contribution >= 0.6 is 0 Å². The Kier molecular flexibility index (Phi) is 5.85. The van der Waals surface area contributed by atoms with Crippen LogP contribution in [0.2, 0.25) is 0 Å². The van der Waals surface area contributed by atoms with E-state index in [1.165, 1.54) is 62.4 Å². The van der Waals surface area contributed by atoms with Crippen molar-refractivity contribution in [3.63, 3.8) is 0 Å². The highest BCUT2D eigenvalue weighted by Gasteiger charge is 2.35. The zero-order valence-electron chi connectivity index (χ0n) is 13.9. The normalized spacial score (nSPS) is 11.0. The van der Waals surface area contributed by atoms with Crippen molar-refractivity contribution >= 4 is 11.9 Å². The van der Waals surface area contributed by atoms with Crippen LogP contribution in [-0.4, -0.2) is 25.3 Å². The molecule has 0 aliphatic heterocycles. The number of esters is 2. The third-order valence-corrected chi connectivity index (χ3v) is 3.79. The Morgan fingerprint density at radius 2 is 1.08 bits per heavy atom. The third-order valence-electron chi connectivity index (χ3n) is 3.79. The van der Waals surface area contributed by atoms with E-state index >= 15 is 0 Å². The van der Waals surface area contributed by atoms with E-state index in [2.05, 4.69) is 0 Å². The highest BCUT2D eigenvalue weighted by molar-refractivity contribution is 5.69. The molecule has 132 valence electrons. The molecule has 0 unspecified atom stereocenters. The van der Waals surface area contributed by atoms with E-state index in [9.17, 15) is 18.4 Å². The maximum absolute atomic E-state index is 13.9. The maximum atomic E-state index is 13.9. The highest BCUT2D eigenvalue weighted by Crippen LogP contribution is 2.35. The molecule has 25 heavy (non-hydrogen) atoms. The lowest BCUT2D eigenvalue weighted by atomic mass is 9.76. The molecule has 0 spiro atoms. The molecule has 0 bridgehead atoms. The number of rotatable bonds is 6. The van der Waals surface area contributed by atoms with Crippen molar-refractivity contribution in [2.45, 2.75) is 19.3 Å². The lowest BCUT2D eigenvalue weighted by Gasteiger charge is -2.29. The first-order valence-electron chi connectivity index (χ1n) is 7.61. The molecule has 2 aromatic rings. The Hall–Kier alpha value is -2.76.